The Morgan fingerprint density at radius 3 is 2.35 bits per heavy atom. The summed E-state index contributed by atoms with van der Waals surface area (Å²) in [5, 5.41) is 0. The largest absolute Gasteiger partial charge is 0.496 e. The lowest BCUT2D eigenvalue weighted by Crippen LogP contribution is -2.47. The number of nitrogens with zero attached hydrogens (tertiary/aromatic N) is 1. The monoisotopic (exact) mass is 467 g/mol. The lowest BCUT2D eigenvalue weighted by atomic mass is 9.84. The van der Waals surface area contributed by atoms with Crippen molar-refractivity contribution in [2.24, 2.45) is 5.92 Å². The second-order valence-corrected chi connectivity index (χ2v) is 8.55. The van der Waals surface area contributed by atoms with E-state index in [9.17, 15) is 14.4 Å². The van der Waals surface area contributed by atoms with E-state index in [4.69, 9.17) is 18.9 Å². The molecule has 0 N–H and O–H groups in total. The zero-order chi connectivity index (χ0) is 24.2. The molecule has 1 heterocycles. The van der Waals surface area contributed by atoms with Gasteiger partial charge >= 0.3 is 11.9 Å². The zero-order valence-electron chi connectivity index (χ0n) is 19.6. The van der Waals surface area contributed by atoms with Crippen molar-refractivity contribution in [2.45, 2.75) is 44.2 Å². The van der Waals surface area contributed by atoms with Crippen LogP contribution in [0.2, 0.25) is 0 Å². The third-order valence-corrected chi connectivity index (χ3v) is 6.73. The van der Waals surface area contributed by atoms with Gasteiger partial charge in [0.05, 0.1) is 32.5 Å². The fourth-order valence-corrected chi connectivity index (χ4v) is 5.10. The summed E-state index contributed by atoms with van der Waals surface area (Å²) in [6.07, 6.45) is 4.48. The summed E-state index contributed by atoms with van der Waals surface area (Å²) < 4.78 is 21.2. The van der Waals surface area contributed by atoms with Crippen LogP contribution in [0, 0.1) is 5.92 Å². The molecule has 0 radical (unpaired) electrons. The van der Waals surface area contributed by atoms with Gasteiger partial charge < -0.3 is 23.8 Å². The van der Waals surface area contributed by atoms with Crippen LogP contribution in [0.4, 0.5) is 0 Å². The molecule has 2 aromatic rings. The number of benzene rings is 2. The minimum atomic E-state index is -0.726. The minimum Gasteiger partial charge on any atom is -0.496 e. The van der Waals surface area contributed by atoms with E-state index in [1.54, 1.807) is 29.2 Å². The summed E-state index contributed by atoms with van der Waals surface area (Å²) >= 11 is 0. The summed E-state index contributed by atoms with van der Waals surface area (Å²) in [4.78, 5) is 40.6. The Kier molecular flexibility index (Phi) is 7.05. The molecular weight excluding hydrogens is 438 g/mol. The summed E-state index contributed by atoms with van der Waals surface area (Å²) in [5.74, 6) is -0.158. The van der Waals surface area contributed by atoms with Gasteiger partial charge in [-0.2, -0.15) is 0 Å². The first-order chi connectivity index (χ1) is 16.5. The van der Waals surface area contributed by atoms with E-state index in [2.05, 4.69) is 0 Å². The van der Waals surface area contributed by atoms with Crippen molar-refractivity contribution in [2.75, 3.05) is 21.3 Å². The van der Waals surface area contributed by atoms with Gasteiger partial charge in [-0.05, 0) is 55.5 Å². The summed E-state index contributed by atoms with van der Waals surface area (Å²) in [6.45, 7) is 0. The quantitative estimate of drug-likeness (QED) is 0.470. The Balaban J connectivity index is 1.63. The van der Waals surface area contributed by atoms with E-state index in [0.29, 0.717) is 17.7 Å². The second kappa shape index (κ2) is 10.2. The number of methoxy groups -OCH3 is 3. The molecular formula is C26H29NO7. The van der Waals surface area contributed by atoms with E-state index in [0.717, 1.165) is 25.7 Å². The fraction of sp³-hybridized carbons (Fsp3) is 0.423. The normalized spacial score (nSPS) is 21.4. The van der Waals surface area contributed by atoms with E-state index in [1.807, 2.05) is 0 Å². The highest BCUT2D eigenvalue weighted by atomic mass is 16.6. The van der Waals surface area contributed by atoms with Crippen LogP contribution in [-0.2, 0) is 9.53 Å². The third kappa shape index (κ3) is 4.44. The Morgan fingerprint density at radius 2 is 1.62 bits per heavy atom. The summed E-state index contributed by atoms with van der Waals surface area (Å²) in [5.41, 5.74) is 0.702. The molecule has 2 aromatic carbocycles. The Morgan fingerprint density at radius 1 is 0.882 bits per heavy atom. The molecule has 0 aromatic heterocycles. The van der Waals surface area contributed by atoms with Crippen LogP contribution in [0.15, 0.2) is 42.5 Å². The molecule has 1 saturated heterocycles. The molecule has 1 amide bonds. The topological polar surface area (TPSA) is 91.4 Å². The summed E-state index contributed by atoms with van der Waals surface area (Å²) in [7, 11) is 4.24. The molecule has 34 heavy (non-hydrogen) atoms. The highest BCUT2D eigenvalue weighted by Crippen LogP contribution is 2.42. The number of likely N-dealkylation sites (tertiary alicyclic amines) is 1. The van der Waals surface area contributed by atoms with Crippen molar-refractivity contribution in [1.29, 1.82) is 0 Å². The van der Waals surface area contributed by atoms with Crippen LogP contribution >= 0.6 is 0 Å². The van der Waals surface area contributed by atoms with Gasteiger partial charge in [0.1, 0.15) is 11.8 Å². The highest BCUT2D eigenvalue weighted by Gasteiger charge is 2.49. The summed E-state index contributed by atoms with van der Waals surface area (Å²) in [6, 6.07) is 10.8. The number of para-hydroxylation sites is 1. The molecule has 3 atom stereocenters. The van der Waals surface area contributed by atoms with E-state index in [1.165, 1.54) is 39.5 Å². The van der Waals surface area contributed by atoms with E-state index < -0.39 is 18.0 Å². The molecule has 1 aliphatic carbocycles. The first-order valence-electron chi connectivity index (χ1n) is 11.4. The molecule has 180 valence electrons. The number of esters is 2. The van der Waals surface area contributed by atoms with Crippen LogP contribution in [-0.4, -0.2) is 56.2 Å². The molecule has 4 rings (SSSR count). The van der Waals surface area contributed by atoms with Gasteiger partial charge in [-0.1, -0.05) is 25.0 Å². The molecule has 0 spiro atoms. The van der Waals surface area contributed by atoms with Crippen LogP contribution in [0.25, 0.3) is 0 Å². The van der Waals surface area contributed by atoms with Gasteiger partial charge in [0.2, 0.25) is 0 Å². The molecule has 1 aliphatic heterocycles. The van der Waals surface area contributed by atoms with Gasteiger partial charge in [0.25, 0.3) is 5.91 Å². The van der Waals surface area contributed by atoms with Gasteiger partial charge in [-0.15, -0.1) is 0 Å². The predicted octanol–water partition coefficient (Wildman–Crippen LogP) is 3.87. The maximum Gasteiger partial charge on any atom is 0.337 e. The molecule has 2 fully saturated rings. The average molecular weight is 468 g/mol. The van der Waals surface area contributed by atoms with Gasteiger partial charge in [-0.25, -0.2) is 9.59 Å². The highest BCUT2D eigenvalue weighted by molar-refractivity contribution is 6.00. The molecule has 3 unspecified atom stereocenters. The number of fused-ring (bicyclic) bond motifs is 1. The minimum absolute atomic E-state index is 0.0210. The lowest BCUT2D eigenvalue weighted by Gasteiger charge is -2.33. The first kappa shape index (κ1) is 23.6. The van der Waals surface area contributed by atoms with Crippen LogP contribution in [0.3, 0.4) is 0 Å². The van der Waals surface area contributed by atoms with Crippen molar-refractivity contribution in [3.63, 3.8) is 0 Å². The second-order valence-electron chi connectivity index (χ2n) is 8.55. The smallest absolute Gasteiger partial charge is 0.337 e. The van der Waals surface area contributed by atoms with Crippen molar-refractivity contribution >= 4 is 17.8 Å². The third-order valence-electron chi connectivity index (χ3n) is 6.73. The van der Waals surface area contributed by atoms with E-state index >= 15 is 0 Å². The first-order valence-corrected chi connectivity index (χ1v) is 11.4. The Labute approximate surface area is 198 Å². The molecule has 8 nitrogen and oxygen atoms in total. The number of ether oxygens (including phenoxy) is 4. The number of hydrogen-bond acceptors (Lipinski definition) is 7. The number of carbonyl (C=O) groups excluding carboxylic acids is 3. The fourth-order valence-electron chi connectivity index (χ4n) is 5.10. The lowest BCUT2D eigenvalue weighted by molar-refractivity contribution is -0.139. The maximum absolute atomic E-state index is 13.7. The maximum atomic E-state index is 13.7. The van der Waals surface area contributed by atoms with Crippen LogP contribution < -0.4 is 14.2 Å². The van der Waals surface area contributed by atoms with Gasteiger partial charge in [0, 0.05) is 6.04 Å². The zero-order valence-corrected chi connectivity index (χ0v) is 19.6. The van der Waals surface area contributed by atoms with Crippen LogP contribution in [0.5, 0.6) is 17.2 Å². The van der Waals surface area contributed by atoms with Crippen molar-refractivity contribution in [3.05, 3.63) is 53.6 Å². The van der Waals surface area contributed by atoms with Crippen molar-refractivity contribution in [1.82, 2.24) is 4.90 Å². The molecule has 8 heteroatoms. The number of rotatable bonds is 6. The molecule has 1 saturated carbocycles. The SMILES string of the molecule is COC(=O)c1ccc(OC(=O)C2CC3CCCCC3N2C(=O)c2ccccc2OC)c(OC)c1. The molecule has 0 bridgehead atoms. The van der Waals surface area contributed by atoms with Crippen LogP contribution in [0.1, 0.15) is 52.8 Å². The Hall–Kier alpha value is -3.55. The van der Waals surface area contributed by atoms with Crippen molar-refractivity contribution in [3.8, 4) is 17.2 Å². The van der Waals surface area contributed by atoms with E-state index in [-0.39, 0.29) is 34.9 Å². The average Bonchev–Trinajstić information content (AvgIpc) is 3.27. The number of amides is 1. The Bertz CT molecular complexity index is 1080. The number of carbonyl (C=O) groups is 3. The predicted molar refractivity (Wildman–Crippen MR) is 123 cm³/mol. The van der Waals surface area contributed by atoms with Gasteiger partial charge in [0.15, 0.2) is 11.5 Å². The standard InChI is InChI=1S/C26H29NO7/c1-31-21-11-7-5-9-18(21)24(28)27-19-10-6-4-8-16(19)14-20(27)26(30)34-22-13-12-17(25(29)33-3)15-23(22)32-2/h5,7,9,11-13,15-16,19-20H,4,6,8,10,14H2,1-3H3. The van der Waals surface area contributed by atoms with Gasteiger partial charge in [-0.3, -0.25) is 4.79 Å². The number of hydrogen-bond donors (Lipinski definition) is 0. The van der Waals surface area contributed by atoms with Crippen molar-refractivity contribution < 1.29 is 33.3 Å². The molecule has 2 aliphatic rings.